The number of hydrogen-bond donors (Lipinski definition) is 0. The highest BCUT2D eigenvalue weighted by molar-refractivity contribution is 6.22. The fraction of sp³-hybridized carbons (Fsp3) is 0. The summed E-state index contributed by atoms with van der Waals surface area (Å²) in [7, 11) is 0. The Morgan fingerprint density at radius 1 is 0.208 bits per heavy atom. The molecule has 0 radical (unpaired) electrons. The van der Waals surface area contributed by atoms with E-state index in [-0.39, 0.29) is 0 Å². The molecule has 10 rings (SSSR count). The number of rotatable bonds is 3. The first-order chi connectivity index (χ1) is 23.8. The van der Waals surface area contributed by atoms with Gasteiger partial charge in [0.05, 0.1) is 0 Å². The van der Waals surface area contributed by atoms with Crippen molar-refractivity contribution < 1.29 is 0 Å². The predicted molar refractivity (Wildman–Crippen MR) is 208 cm³/mol. The van der Waals surface area contributed by atoms with Crippen LogP contribution in [0.1, 0.15) is 0 Å². The number of benzene rings is 10. The van der Waals surface area contributed by atoms with Crippen LogP contribution in [0, 0.1) is 0 Å². The largest absolute Gasteiger partial charge is 0.0616 e. The predicted octanol–water partition coefficient (Wildman–Crippen LogP) is 13.6. The maximum Gasteiger partial charge on any atom is -0.00262 e. The van der Waals surface area contributed by atoms with Gasteiger partial charge in [-0.15, -0.1) is 0 Å². The van der Waals surface area contributed by atoms with Gasteiger partial charge in [0.25, 0.3) is 0 Å². The number of fused-ring (bicyclic) bond motifs is 8. The summed E-state index contributed by atoms with van der Waals surface area (Å²) in [6, 6.07) is 67.1. The standard InChI is InChI=1S/C48H30/c1-3-16-37-31(12-1)24-25-34-29-36(26-27-39(34)37)48-44-22-9-7-20-42(44)47(43-21-8-10-23-45(43)48)35-15-11-14-32(28-35)46-30-33-13-2-4-17-38(33)40-18-5-6-19-41(40)46/h1-30H. The van der Waals surface area contributed by atoms with Gasteiger partial charge in [-0.05, 0) is 116 Å². The Morgan fingerprint density at radius 2 is 0.646 bits per heavy atom. The molecule has 0 heterocycles. The minimum absolute atomic E-state index is 1.23. The van der Waals surface area contributed by atoms with Gasteiger partial charge >= 0.3 is 0 Å². The van der Waals surface area contributed by atoms with E-state index < -0.39 is 0 Å². The highest BCUT2D eigenvalue weighted by atomic mass is 14.2. The number of hydrogen-bond acceptors (Lipinski definition) is 0. The zero-order valence-electron chi connectivity index (χ0n) is 26.3. The lowest BCUT2D eigenvalue weighted by Gasteiger charge is -2.19. The van der Waals surface area contributed by atoms with Gasteiger partial charge in [0, 0.05) is 0 Å². The molecule has 10 aromatic carbocycles. The average molecular weight is 607 g/mol. The van der Waals surface area contributed by atoms with Gasteiger partial charge in [0.15, 0.2) is 0 Å². The molecule has 48 heavy (non-hydrogen) atoms. The van der Waals surface area contributed by atoms with Crippen LogP contribution in [-0.2, 0) is 0 Å². The molecule has 0 N–H and O–H groups in total. The summed E-state index contributed by atoms with van der Waals surface area (Å²) >= 11 is 0. The molecule has 10 aromatic rings. The highest BCUT2D eigenvalue weighted by Gasteiger charge is 2.18. The highest BCUT2D eigenvalue weighted by Crippen LogP contribution is 2.45. The second-order valence-electron chi connectivity index (χ2n) is 12.8. The summed E-state index contributed by atoms with van der Waals surface area (Å²) in [6.45, 7) is 0. The lowest BCUT2D eigenvalue weighted by atomic mass is 9.84. The van der Waals surface area contributed by atoms with E-state index in [4.69, 9.17) is 0 Å². The first-order valence-electron chi connectivity index (χ1n) is 16.7. The summed E-state index contributed by atoms with van der Waals surface area (Å²) in [5, 5.41) is 15.3. The molecule has 0 aromatic heterocycles. The summed E-state index contributed by atoms with van der Waals surface area (Å²) in [5.74, 6) is 0. The van der Waals surface area contributed by atoms with Crippen molar-refractivity contribution in [1.29, 1.82) is 0 Å². The van der Waals surface area contributed by atoms with Crippen LogP contribution in [0.15, 0.2) is 182 Å². The fourth-order valence-corrected chi connectivity index (χ4v) is 8.05. The molecule has 0 saturated carbocycles. The molecule has 0 aliphatic rings. The van der Waals surface area contributed by atoms with E-state index in [1.165, 1.54) is 98.0 Å². The summed E-state index contributed by atoms with van der Waals surface area (Å²) in [6.07, 6.45) is 0. The summed E-state index contributed by atoms with van der Waals surface area (Å²) in [4.78, 5) is 0. The Kier molecular flexibility index (Phi) is 5.98. The van der Waals surface area contributed by atoms with Gasteiger partial charge in [-0.3, -0.25) is 0 Å². The van der Waals surface area contributed by atoms with Crippen molar-refractivity contribution in [3.05, 3.63) is 182 Å². The Morgan fingerprint density at radius 3 is 1.31 bits per heavy atom. The molecule has 222 valence electrons. The van der Waals surface area contributed by atoms with Gasteiger partial charge in [-0.25, -0.2) is 0 Å². The summed E-state index contributed by atoms with van der Waals surface area (Å²) < 4.78 is 0. The van der Waals surface area contributed by atoms with E-state index in [1.807, 2.05) is 0 Å². The van der Waals surface area contributed by atoms with Gasteiger partial charge in [0.1, 0.15) is 0 Å². The van der Waals surface area contributed by atoms with E-state index in [0.717, 1.165) is 0 Å². The zero-order valence-corrected chi connectivity index (χ0v) is 26.3. The van der Waals surface area contributed by atoms with Crippen molar-refractivity contribution in [3.8, 4) is 33.4 Å². The molecule has 0 atom stereocenters. The van der Waals surface area contributed by atoms with Crippen LogP contribution in [0.2, 0.25) is 0 Å². The second-order valence-corrected chi connectivity index (χ2v) is 12.8. The van der Waals surface area contributed by atoms with Crippen LogP contribution in [0.5, 0.6) is 0 Å². The topological polar surface area (TPSA) is 0 Å². The average Bonchev–Trinajstić information content (AvgIpc) is 3.16. The molecule has 0 aliphatic heterocycles. The Bertz CT molecular complexity index is 2830. The third-order valence-electron chi connectivity index (χ3n) is 10.2. The van der Waals surface area contributed by atoms with E-state index in [9.17, 15) is 0 Å². The third-order valence-corrected chi connectivity index (χ3v) is 10.2. The first-order valence-corrected chi connectivity index (χ1v) is 16.7. The molecule has 0 heteroatoms. The van der Waals surface area contributed by atoms with Gasteiger partial charge in [-0.2, -0.15) is 0 Å². The molecular formula is C48H30. The van der Waals surface area contributed by atoms with Crippen LogP contribution in [-0.4, -0.2) is 0 Å². The Labute approximate surface area is 279 Å². The SMILES string of the molecule is c1cc(-c2c3ccccc3c(-c3ccc4c(ccc5ccccc54)c3)c3ccccc23)cc(-c2cc3ccccc3c3ccccc23)c1. The van der Waals surface area contributed by atoms with Crippen LogP contribution in [0.25, 0.3) is 98.0 Å². The van der Waals surface area contributed by atoms with Crippen LogP contribution in [0.3, 0.4) is 0 Å². The van der Waals surface area contributed by atoms with E-state index in [2.05, 4.69) is 182 Å². The second kappa shape index (κ2) is 10.7. The Balaban J connectivity index is 1.22. The van der Waals surface area contributed by atoms with Crippen LogP contribution >= 0.6 is 0 Å². The fourth-order valence-electron chi connectivity index (χ4n) is 8.05. The monoisotopic (exact) mass is 606 g/mol. The van der Waals surface area contributed by atoms with Crippen molar-refractivity contribution in [2.24, 2.45) is 0 Å². The molecular weight excluding hydrogens is 577 g/mol. The minimum atomic E-state index is 1.23. The Hall–Kier alpha value is -6.24. The molecule has 0 saturated heterocycles. The smallest absolute Gasteiger partial charge is 0.00262 e. The first kappa shape index (κ1) is 26.9. The van der Waals surface area contributed by atoms with Crippen molar-refractivity contribution in [2.75, 3.05) is 0 Å². The normalized spacial score (nSPS) is 11.8. The van der Waals surface area contributed by atoms with Crippen molar-refractivity contribution in [1.82, 2.24) is 0 Å². The van der Waals surface area contributed by atoms with Gasteiger partial charge in [0.2, 0.25) is 0 Å². The van der Waals surface area contributed by atoms with Gasteiger partial charge < -0.3 is 0 Å². The van der Waals surface area contributed by atoms with Crippen molar-refractivity contribution >= 4 is 64.6 Å². The zero-order chi connectivity index (χ0) is 31.6. The van der Waals surface area contributed by atoms with Gasteiger partial charge in [-0.1, -0.05) is 164 Å². The molecule has 0 aliphatic carbocycles. The third kappa shape index (κ3) is 4.10. The van der Waals surface area contributed by atoms with Crippen molar-refractivity contribution in [3.63, 3.8) is 0 Å². The molecule has 0 unspecified atom stereocenters. The molecule has 0 fully saturated rings. The maximum atomic E-state index is 2.39. The molecule has 0 amide bonds. The molecule has 0 bridgehead atoms. The maximum absolute atomic E-state index is 2.39. The van der Waals surface area contributed by atoms with Crippen molar-refractivity contribution in [2.45, 2.75) is 0 Å². The van der Waals surface area contributed by atoms with Crippen LogP contribution in [0.4, 0.5) is 0 Å². The van der Waals surface area contributed by atoms with Crippen LogP contribution < -0.4 is 0 Å². The quantitative estimate of drug-likeness (QED) is 0.139. The minimum Gasteiger partial charge on any atom is -0.0616 e. The molecule has 0 spiro atoms. The lowest BCUT2D eigenvalue weighted by molar-refractivity contribution is 1.64. The summed E-state index contributed by atoms with van der Waals surface area (Å²) in [5.41, 5.74) is 7.54. The van der Waals surface area contributed by atoms with E-state index in [1.54, 1.807) is 0 Å². The van der Waals surface area contributed by atoms with E-state index in [0.29, 0.717) is 0 Å². The lowest BCUT2D eigenvalue weighted by Crippen LogP contribution is -1.91. The molecule has 0 nitrogen and oxygen atoms in total. The van der Waals surface area contributed by atoms with E-state index >= 15 is 0 Å².